The Morgan fingerprint density at radius 1 is 0.265 bits per heavy atom. The largest absolute Gasteiger partial charge is 0.456 e. The summed E-state index contributed by atoms with van der Waals surface area (Å²) >= 11 is 0. The summed E-state index contributed by atoms with van der Waals surface area (Å²) in [5.41, 5.74) is 11.2. The molecule has 0 amide bonds. The number of fused-ring (bicyclic) bond motifs is 3. The molecule has 4 heteroatoms. The predicted octanol–water partition coefficient (Wildman–Crippen LogP) is 11.8. The van der Waals surface area contributed by atoms with Gasteiger partial charge in [-0.3, -0.25) is 0 Å². The number of rotatable bonds is 6. The molecule has 0 aliphatic heterocycles. The Bertz CT molecular complexity index is 2520. The van der Waals surface area contributed by atoms with E-state index in [4.69, 9.17) is 19.4 Å². The van der Waals surface area contributed by atoms with Crippen LogP contribution in [-0.4, -0.2) is 15.0 Å². The third-order valence-electron chi connectivity index (χ3n) is 8.91. The second kappa shape index (κ2) is 12.2. The molecule has 0 aliphatic carbocycles. The van der Waals surface area contributed by atoms with Crippen molar-refractivity contribution < 1.29 is 4.42 Å². The van der Waals surface area contributed by atoms with Crippen molar-refractivity contribution in [2.75, 3.05) is 0 Å². The molecule has 7 aromatic carbocycles. The number of hydrogen-bond donors (Lipinski definition) is 0. The van der Waals surface area contributed by atoms with Crippen LogP contribution in [0.4, 0.5) is 0 Å². The van der Waals surface area contributed by atoms with Crippen LogP contribution in [0.15, 0.2) is 180 Å². The summed E-state index contributed by atoms with van der Waals surface area (Å²) in [5, 5.41) is 2.17. The van der Waals surface area contributed by atoms with Crippen LogP contribution in [0.2, 0.25) is 0 Å². The van der Waals surface area contributed by atoms with Gasteiger partial charge in [-0.25, -0.2) is 15.0 Å². The Kier molecular flexibility index (Phi) is 7.10. The first-order valence-corrected chi connectivity index (χ1v) is 16.4. The molecule has 49 heavy (non-hydrogen) atoms. The van der Waals surface area contributed by atoms with Crippen LogP contribution >= 0.6 is 0 Å². The first-order chi connectivity index (χ1) is 24.2. The average molecular weight is 628 g/mol. The molecule has 0 saturated heterocycles. The Morgan fingerprint density at radius 2 is 0.612 bits per heavy atom. The van der Waals surface area contributed by atoms with E-state index in [-0.39, 0.29) is 0 Å². The van der Waals surface area contributed by atoms with Crippen molar-refractivity contribution in [3.8, 4) is 67.5 Å². The topological polar surface area (TPSA) is 51.8 Å². The van der Waals surface area contributed by atoms with Gasteiger partial charge in [0.05, 0.1) is 0 Å². The highest BCUT2D eigenvalue weighted by atomic mass is 16.3. The van der Waals surface area contributed by atoms with Crippen molar-refractivity contribution in [3.63, 3.8) is 0 Å². The Morgan fingerprint density at radius 3 is 1.08 bits per heavy atom. The number of nitrogens with zero attached hydrogens (tertiary/aromatic N) is 3. The highest BCUT2D eigenvalue weighted by molar-refractivity contribution is 6.07. The zero-order valence-electron chi connectivity index (χ0n) is 26.5. The van der Waals surface area contributed by atoms with Crippen LogP contribution in [0.3, 0.4) is 0 Å². The summed E-state index contributed by atoms with van der Waals surface area (Å²) < 4.78 is 6.30. The molecule has 230 valence electrons. The minimum absolute atomic E-state index is 0.620. The van der Waals surface area contributed by atoms with Gasteiger partial charge in [0.1, 0.15) is 11.2 Å². The summed E-state index contributed by atoms with van der Waals surface area (Å²) in [5.74, 6) is 1.89. The molecule has 0 N–H and O–H groups in total. The predicted molar refractivity (Wildman–Crippen MR) is 200 cm³/mol. The first kappa shape index (κ1) is 28.6. The fourth-order valence-electron chi connectivity index (χ4n) is 6.43. The van der Waals surface area contributed by atoms with E-state index in [1.54, 1.807) is 0 Å². The zero-order valence-corrected chi connectivity index (χ0v) is 26.5. The van der Waals surface area contributed by atoms with Crippen molar-refractivity contribution in [2.24, 2.45) is 0 Å². The van der Waals surface area contributed by atoms with E-state index in [2.05, 4.69) is 103 Å². The van der Waals surface area contributed by atoms with Gasteiger partial charge in [-0.2, -0.15) is 0 Å². The van der Waals surface area contributed by atoms with Crippen LogP contribution in [0.25, 0.3) is 89.5 Å². The maximum atomic E-state index is 6.30. The molecular formula is C45H29N3O. The van der Waals surface area contributed by atoms with Gasteiger partial charge in [0.25, 0.3) is 0 Å². The van der Waals surface area contributed by atoms with Gasteiger partial charge in [0, 0.05) is 27.5 Å². The molecule has 9 aromatic rings. The molecule has 0 spiro atoms. The molecule has 0 bridgehead atoms. The highest BCUT2D eigenvalue weighted by Gasteiger charge is 2.16. The number of hydrogen-bond acceptors (Lipinski definition) is 4. The Balaban J connectivity index is 1.24. The fraction of sp³-hybridized carbons (Fsp3) is 0. The van der Waals surface area contributed by atoms with E-state index in [0.717, 1.165) is 66.4 Å². The smallest absolute Gasteiger partial charge is 0.164 e. The molecule has 0 aliphatic rings. The summed E-state index contributed by atoms with van der Waals surface area (Å²) in [6.45, 7) is 0. The van der Waals surface area contributed by atoms with Gasteiger partial charge in [-0.1, -0.05) is 133 Å². The lowest BCUT2D eigenvalue weighted by Gasteiger charge is -2.12. The minimum atomic E-state index is 0.620. The van der Waals surface area contributed by atoms with Crippen molar-refractivity contribution in [1.82, 2.24) is 15.0 Å². The molecule has 4 nitrogen and oxygen atoms in total. The van der Waals surface area contributed by atoms with Crippen LogP contribution in [0.5, 0.6) is 0 Å². The maximum absolute atomic E-state index is 6.30. The lowest BCUT2D eigenvalue weighted by Crippen LogP contribution is -2.00. The molecule has 0 fully saturated rings. The van der Waals surface area contributed by atoms with Gasteiger partial charge in [0.2, 0.25) is 0 Å². The molecule has 0 atom stereocenters. The number of aromatic nitrogens is 3. The summed E-state index contributed by atoms with van der Waals surface area (Å²) in [7, 11) is 0. The van der Waals surface area contributed by atoms with Crippen molar-refractivity contribution in [2.45, 2.75) is 0 Å². The lowest BCUT2D eigenvalue weighted by atomic mass is 9.94. The van der Waals surface area contributed by atoms with Crippen LogP contribution < -0.4 is 0 Å². The second-order valence-corrected chi connectivity index (χ2v) is 12.1. The molecule has 2 aromatic heterocycles. The van der Waals surface area contributed by atoms with E-state index in [9.17, 15) is 0 Å². The highest BCUT2D eigenvalue weighted by Crippen LogP contribution is 2.38. The first-order valence-electron chi connectivity index (χ1n) is 16.4. The summed E-state index contributed by atoms with van der Waals surface area (Å²) in [6.07, 6.45) is 0. The monoisotopic (exact) mass is 627 g/mol. The molecule has 9 rings (SSSR count). The molecule has 0 unspecified atom stereocenters. The van der Waals surface area contributed by atoms with E-state index in [1.807, 2.05) is 72.8 Å². The number of benzene rings is 7. The van der Waals surface area contributed by atoms with Gasteiger partial charge in [0.15, 0.2) is 17.5 Å². The van der Waals surface area contributed by atoms with E-state index < -0.39 is 0 Å². The van der Waals surface area contributed by atoms with E-state index in [0.29, 0.717) is 17.5 Å². The van der Waals surface area contributed by atoms with Crippen molar-refractivity contribution >= 4 is 21.9 Å². The van der Waals surface area contributed by atoms with Gasteiger partial charge >= 0.3 is 0 Å². The third kappa shape index (κ3) is 5.56. The van der Waals surface area contributed by atoms with Crippen molar-refractivity contribution in [1.29, 1.82) is 0 Å². The van der Waals surface area contributed by atoms with Gasteiger partial charge < -0.3 is 4.42 Å². The van der Waals surface area contributed by atoms with Gasteiger partial charge in [-0.05, 0) is 75.8 Å². The minimum Gasteiger partial charge on any atom is -0.456 e. The normalized spacial score (nSPS) is 11.3. The molecular weight excluding hydrogens is 599 g/mol. The maximum Gasteiger partial charge on any atom is 0.164 e. The molecule has 0 saturated carbocycles. The third-order valence-corrected chi connectivity index (χ3v) is 8.91. The quantitative estimate of drug-likeness (QED) is 0.184. The SMILES string of the molecule is c1ccc(-c2cc(-c3ccc4oc5ccc(-c6ccccc6)cc5c4c3)cc(-c3nc(-c4ccccc4)nc(-c4ccccc4)n3)c2)cc1. The van der Waals surface area contributed by atoms with E-state index >= 15 is 0 Å². The fourth-order valence-corrected chi connectivity index (χ4v) is 6.43. The van der Waals surface area contributed by atoms with Crippen molar-refractivity contribution in [3.05, 3.63) is 176 Å². The van der Waals surface area contributed by atoms with Crippen LogP contribution in [0.1, 0.15) is 0 Å². The van der Waals surface area contributed by atoms with Crippen LogP contribution in [-0.2, 0) is 0 Å². The summed E-state index contributed by atoms with van der Waals surface area (Å²) in [6, 6.07) is 60.6. The standard InChI is InChI=1S/C45H29N3O/c1-5-13-30(14-6-1)34-21-23-41-39(28-34)40-29-35(22-24-42(40)49-41)37-25-36(31-15-7-2-8-16-31)26-38(27-37)45-47-43(32-17-9-3-10-18-32)46-44(48-45)33-19-11-4-12-20-33/h1-29H. The molecule has 2 heterocycles. The average Bonchev–Trinajstić information content (AvgIpc) is 3.56. The zero-order chi connectivity index (χ0) is 32.6. The summed E-state index contributed by atoms with van der Waals surface area (Å²) in [4.78, 5) is 15.0. The second-order valence-electron chi connectivity index (χ2n) is 12.1. The van der Waals surface area contributed by atoms with Gasteiger partial charge in [-0.15, -0.1) is 0 Å². The van der Waals surface area contributed by atoms with E-state index in [1.165, 1.54) is 5.56 Å². The van der Waals surface area contributed by atoms with Crippen LogP contribution in [0, 0.1) is 0 Å². The Labute approximate surface area is 284 Å². The number of furan rings is 1. The lowest BCUT2D eigenvalue weighted by molar-refractivity contribution is 0.669. The Hall–Kier alpha value is -6.65. The molecule has 0 radical (unpaired) electrons.